The predicted octanol–water partition coefficient (Wildman–Crippen LogP) is 4.31. The molecule has 3 heterocycles. The third-order valence-corrected chi connectivity index (χ3v) is 13.2. The summed E-state index contributed by atoms with van der Waals surface area (Å²) in [5, 5.41) is 5.61. The Morgan fingerprint density at radius 1 is 1.03 bits per heavy atom. The average Bonchev–Trinajstić information content (AvgIpc) is 4.08. The number of nitrogens with one attached hydrogen (secondary N) is 3. The average molecular weight is 817 g/mol. The molecule has 0 radical (unpaired) electrons. The van der Waals surface area contributed by atoms with Crippen molar-refractivity contribution in [1.82, 2.24) is 30.1 Å². The Morgan fingerprint density at radius 3 is 2.34 bits per heavy atom. The van der Waals surface area contributed by atoms with Crippen LogP contribution in [0.15, 0.2) is 85.6 Å². The van der Waals surface area contributed by atoms with E-state index < -0.39 is 98.6 Å². The molecule has 0 spiro atoms. The maximum Gasteiger partial charge on any atom is 0.285 e. The van der Waals surface area contributed by atoms with Gasteiger partial charge in [-0.25, -0.2) is 13.4 Å². The van der Waals surface area contributed by atoms with Crippen molar-refractivity contribution in [2.75, 3.05) is 13.1 Å². The fourth-order valence-electron chi connectivity index (χ4n) is 7.79. The van der Waals surface area contributed by atoms with Crippen LogP contribution in [0.25, 0.3) is 22.2 Å². The molecule has 0 bridgehead atoms. The summed E-state index contributed by atoms with van der Waals surface area (Å²) in [7, 11) is -3.97. The minimum atomic E-state index is -3.97. The summed E-state index contributed by atoms with van der Waals surface area (Å²) in [6.07, 6.45) is 3.42. The van der Waals surface area contributed by atoms with E-state index in [0.29, 0.717) is 41.1 Å². The maximum atomic E-state index is 14.7. The molecule has 4 aliphatic rings. The lowest BCUT2D eigenvalue weighted by Crippen LogP contribution is -2.57. The summed E-state index contributed by atoms with van der Waals surface area (Å²) in [6.45, 7) is 7.88. The number of carbonyl (C=O) groups is 5. The molecule has 5 atom stereocenters. The molecule has 58 heavy (non-hydrogen) atoms. The lowest BCUT2D eigenvalue weighted by molar-refractivity contribution is -0.148. The first kappa shape index (κ1) is 40.7. The van der Waals surface area contributed by atoms with Crippen LogP contribution < -0.4 is 15.4 Å². The number of rotatable bonds is 12. The van der Waals surface area contributed by atoms with E-state index in [1.54, 1.807) is 45.0 Å². The van der Waals surface area contributed by atoms with E-state index >= 15 is 0 Å². The summed E-state index contributed by atoms with van der Waals surface area (Å²) in [5.74, 6) is -8.40. The predicted molar refractivity (Wildman–Crippen MR) is 211 cm³/mol. The van der Waals surface area contributed by atoms with Crippen LogP contribution in [0.4, 0.5) is 8.78 Å². The highest BCUT2D eigenvalue weighted by molar-refractivity contribution is 7.91. The highest BCUT2D eigenvalue weighted by Crippen LogP contribution is 2.46. The quantitative estimate of drug-likeness (QED) is 0.227. The van der Waals surface area contributed by atoms with E-state index in [0.717, 1.165) is 16.7 Å². The molecule has 306 valence electrons. The summed E-state index contributed by atoms with van der Waals surface area (Å²) >= 11 is 0. The molecule has 13 nitrogen and oxygen atoms in total. The smallest absolute Gasteiger partial charge is 0.285 e. The number of alkyl halides is 2. The van der Waals surface area contributed by atoms with Crippen LogP contribution in [0.1, 0.15) is 63.2 Å². The Morgan fingerprint density at radius 2 is 1.72 bits per heavy atom. The Bertz CT molecular complexity index is 2330. The van der Waals surface area contributed by atoms with Crippen molar-refractivity contribution in [2.24, 2.45) is 17.3 Å². The fourth-order valence-corrected chi connectivity index (χ4v) is 9.16. The van der Waals surface area contributed by atoms with E-state index in [9.17, 15) is 41.2 Å². The fraction of sp³-hybridized carbons (Fsp3) is 0.429. The third-order valence-electron chi connectivity index (χ3n) is 11.4. The molecule has 16 heteroatoms. The van der Waals surface area contributed by atoms with Gasteiger partial charge in [0.15, 0.2) is 0 Å². The second-order valence-electron chi connectivity index (χ2n) is 16.8. The summed E-state index contributed by atoms with van der Waals surface area (Å²) in [5.41, 5.74) is -0.314. The van der Waals surface area contributed by atoms with Gasteiger partial charge in [-0.15, -0.1) is 6.58 Å². The van der Waals surface area contributed by atoms with Crippen molar-refractivity contribution in [1.29, 1.82) is 0 Å². The first-order chi connectivity index (χ1) is 27.3. The van der Waals surface area contributed by atoms with Gasteiger partial charge in [0.1, 0.15) is 11.6 Å². The Balaban J connectivity index is 1.18. The molecule has 1 aromatic heterocycles. The summed E-state index contributed by atoms with van der Waals surface area (Å²) in [6, 6.07) is 16.1. The van der Waals surface area contributed by atoms with Gasteiger partial charge in [-0.05, 0) is 43.2 Å². The van der Waals surface area contributed by atoms with E-state index in [4.69, 9.17) is 4.98 Å². The van der Waals surface area contributed by atoms with E-state index in [2.05, 4.69) is 21.9 Å². The van der Waals surface area contributed by atoms with Gasteiger partial charge in [0.05, 0.1) is 34.5 Å². The van der Waals surface area contributed by atoms with Crippen LogP contribution in [0.2, 0.25) is 0 Å². The van der Waals surface area contributed by atoms with Gasteiger partial charge in [-0.2, -0.15) is 8.78 Å². The number of carbonyl (C=O) groups excluding carboxylic acids is 5. The monoisotopic (exact) mass is 816 g/mol. The van der Waals surface area contributed by atoms with Crippen molar-refractivity contribution in [3.8, 4) is 11.3 Å². The third kappa shape index (κ3) is 8.24. The number of halogens is 2. The van der Waals surface area contributed by atoms with E-state index in [-0.39, 0.29) is 19.4 Å². The van der Waals surface area contributed by atoms with Gasteiger partial charge in [-0.3, -0.25) is 28.7 Å². The number of hydrogen-bond donors (Lipinski definition) is 3. The lowest BCUT2D eigenvalue weighted by Gasteiger charge is -2.35. The van der Waals surface area contributed by atoms with Crippen molar-refractivity contribution in [2.45, 2.75) is 81.7 Å². The highest BCUT2D eigenvalue weighted by atomic mass is 32.2. The minimum absolute atomic E-state index is 0.0705. The molecule has 3 N–H and O–H groups in total. The number of amides is 5. The molecule has 1 saturated heterocycles. The number of benzene rings is 2. The molecule has 2 saturated carbocycles. The number of likely N-dealkylation sites (tertiary alicyclic amines) is 1. The second-order valence-corrected chi connectivity index (χ2v) is 18.7. The van der Waals surface area contributed by atoms with Crippen LogP contribution in [-0.2, 0) is 29.2 Å². The number of pyridine rings is 1. The number of sulfonamides is 1. The number of para-hydroxylation sites is 1. The summed E-state index contributed by atoms with van der Waals surface area (Å²) < 4.78 is 55.6. The van der Waals surface area contributed by atoms with Crippen molar-refractivity contribution in [3.63, 3.8) is 0 Å². The molecule has 2 aliphatic heterocycles. The molecule has 2 aromatic carbocycles. The Kier molecular flexibility index (Phi) is 10.5. The van der Waals surface area contributed by atoms with Crippen LogP contribution >= 0.6 is 0 Å². The summed E-state index contributed by atoms with van der Waals surface area (Å²) in [4.78, 5) is 77.1. The number of fused-ring (bicyclic) bond motifs is 1. The van der Waals surface area contributed by atoms with Gasteiger partial charge in [-0.1, -0.05) is 75.4 Å². The molecule has 3 fully saturated rings. The zero-order valence-corrected chi connectivity index (χ0v) is 33.2. The van der Waals surface area contributed by atoms with Gasteiger partial charge in [0.2, 0.25) is 27.7 Å². The first-order valence-electron chi connectivity index (χ1n) is 19.3. The SMILES string of the molecule is C=C[C@@H]1C[C@]1(NC(=O)[C@@H]1C[C@@H](NC(=O)c2cc(-c3ccccc3)nc3ccccc23)CN1C(=O)[C@@H](CC(=O)N1C=CC(F)(F)C1)C(C)(C)C)C(=O)NS(=O)(=O)C1CC1. The highest BCUT2D eigenvalue weighted by Gasteiger charge is 2.62. The van der Waals surface area contributed by atoms with E-state index in [1.807, 2.05) is 36.4 Å². The normalized spacial score (nSPS) is 24.3. The number of hydrogen-bond acceptors (Lipinski definition) is 8. The van der Waals surface area contributed by atoms with Crippen LogP contribution in [0.3, 0.4) is 0 Å². The zero-order valence-electron chi connectivity index (χ0n) is 32.4. The first-order valence-corrected chi connectivity index (χ1v) is 20.8. The Labute approximate surface area is 335 Å². The van der Waals surface area contributed by atoms with Crippen molar-refractivity contribution >= 4 is 50.5 Å². The van der Waals surface area contributed by atoms with Crippen LogP contribution in [0.5, 0.6) is 0 Å². The number of nitrogens with zero attached hydrogens (tertiary/aromatic N) is 3. The standard InChI is InChI=1S/C42H46F2N6O7S/c1-5-26-22-42(26,39(55)48-58(56,57)28-15-16-28)47-37(53)34-19-27(23-50(34)38(54)31(40(2,3)4)21-35(51)49-18-17-41(43,44)24-49)45-36(52)30-20-33(25-11-7-6-8-12-25)46-32-14-10-9-13-29(30)32/h5-14,17-18,20,26-28,31,34H,1,15-16,19,21-24H2,2-4H3,(H,45,52)(H,47,53)(H,48,55)/t26-,27-,31-,34+,42-/m1/s1. The minimum Gasteiger partial charge on any atom is -0.347 e. The van der Waals surface area contributed by atoms with Gasteiger partial charge < -0.3 is 20.4 Å². The zero-order chi connectivity index (χ0) is 41.8. The Hall–Kier alpha value is -5.51. The number of aromatic nitrogens is 1. The van der Waals surface area contributed by atoms with Gasteiger partial charge >= 0.3 is 0 Å². The largest absolute Gasteiger partial charge is 0.347 e. The molecular formula is C42H46F2N6O7S. The van der Waals surface area contributed by atoms with E-state index in [1.165, 1.54) is 11.0 Å². The van der Waals surface area contributed by atoms with Crippen LogP contribution in [0, 0.1) is 17.3 Å². The molecular weight excluding hydrogens is 771 g/mol. The van der Waals surface area contributed by atoms with Gasteiger partial charge in [0.25, 0.3) is 17.7 Å². The molecule has 2 aliphatic carbocycles. The molecule has 0 unspecified atom stereocenters. The van der Waals surface area contributed by atoms with Gasteiger partial charge in [0, 0.05) is 48.2 Å². The lowest BCUT2D eigenvalue weighted by atomic mass is 9.77. The molecule has 5 amide bonds. The van der Waals surface area contributed by atoms with Crippen molar-refractivity contribution in [3.05, 3.63) is 91.2 Å². The molecule has 3 aromatic rings. The van der Waals surface area contributed by atoms with Crippen LogP contribution in [-0.4, -0.2) is 94.6 Å². The second kappa shape index (κ2) is 15.0. The maximum absolute atomic E-state index is 14.7. The molecule has 7 rings (SSSR count). The topological polar surface area (TPSA) is 175 Å². The van der Waals surface area contributed by atoms with Crippen molar-refractivity contribution < 1.29 is 41.2 Å².